The molecule has 0 bridgehead atoms. The molecule has 1 aliphatic rings. The molecule has 0 saturated heterocycles. The number of nitrogens with one attached hydrogen (secondary N) is 1. The summed E-state index contributed by atoms with van der Waals surface area (Å²) in [6, 6.07) is 11.1. The lowest BCUT2D eigenvalue weighted by Gasteiger charge is -2.20. The highest BCUT2D eigenvalue weighted by molar-refractivity contribution is 7.89. The molecule has 29 heavy (non-hydrogen) atoms. The highest BCUT2D eigenvalue weighted by Crippen LogP contribution is 2.29. The van der Waals surface area contributed by atoms with Gasteiger partial charge in [-0.1, -0.05) is 18.2 Å². The first-order valence-corrected chi connectivity index (χ1v) is 11.3. The average molecular weight is 416 g/mol. The summed E-state index contributed by atoms with van der Waals surface area (Å²) in [6.07, 6.45) is 4.86. The van der Waals surface area contributed by atoms with Gasteiger partial charge >= 0.3 is 0 Å². The maximum atomic E-state index is 12.7. The van der Waals surface area contributed by atoms with Crippen LogP contribution in [0.3, 0.4) is 0 Å². The number of nitrogens with zero attached hydrogens (tertiary/aromatic N) is 2. The number of carbonyl (C=O) groups is 1. The Kier molecular flexibility index (Phi) is 6.29. The molecule has 0 atom stereocenters. The van der Waals surface area contributed by atoms with Crippen LogP contribution in [0.5, 0.6) is 0 Å². The van der Waals surface area contributed by atoms with Crippen molar-refractivity contribution in [3.05, 3.63) is 53.1 Å². The van der Waals surface area contributed by atoms with Crippen LogP contribution in [-0.2, 0) is 34.1 Å². The topological polar surface area (TPSA) is 69.7 Å². The largest absolute Gasteiger partial charge is 0.376 e. The minimum absolute atomic E-state index is 0.150. The summed E-state index contributed by atoms with van der Waals surface area (Å²) < 4.78 is 26.1. The van der Waals surface area contributed by atoms with Gasteiger partial charge in [-0.15, -0.1) is 0 Å². The highest BCUT2D eigenvalue weighted by atomic mass is 32.2. The molecule has 0 heterocycles. The lowest BCUT2D eigenvalue weighted by Crippen LogP contribution is -2.23. The van der Waals surface area contributed by atoms with Gasteiger partial charge in [0.25, 0.3) is 0 Å². The molecule has 156 valence electrons. The van der Waals surface area contributed by atoms with E-state index in [1.54, 1.807) is 12.1 Å². The maximum Gasteiger partial charge on any atom is 0.242 e. The fourth-order valence-electron chi connectivity index (χ4n) is 3.65. The van der Waals surface area contributed by atoms with Crippen LogP contribution in [0.4, 0.5) is 11.4 Å². The van der Waals surface area contributed by atoms with Gasteiger partial charge in [-0.3, -0.25) is 4.79 Å². The van der Waals surface area contributed by atoms with E-state index in [2.05, 4.69) is 17.4 Å². The third-order valence-corrected chi connectivity index (χ3v) is 7.09. The number of hydrogen-bond acceptors (Lipinski definition) is 4. The Morgan fingerprint density at radius 1 is 0.966 bits per heavy atom. The third kappa shape index (κ3) is 4.79. The lowest BCUT2D eigenvalue weighted by atomic mass is 9.90. The molecular weight excluding hydrogens is 386 g/mol. The van der Waals surface area contributed by atoms with Crippen LogP contribution in [-0.4, -0.2) is 46.8 Å². The second-order valence-electron chi connectivity index (χ2n) is 7.90. The first kappa shape index (κ1) is 21.3. The molecule has 2 aromatic rings. The molecule has 2 aromatic carbocycles. The second-order valence-corrected chi connectivity index (χ2v) is 10.0. The van der Waals surface area contributed by atoms with Crippen LogP contribution >= 0.6 is 0 Å². The Morgan fingerprint density at radius 2 is 1.66 bits per heavy atom. The van der Waals surface area contributed by atoms with E-state index >= 15 is 0 Å². The highest BCUT2D eigenvalue weighted by Gasteiger charge is 2.20. The molecule has 6 nitrogen and oxygen atoms in total. The van der Waals surface area contributed by atoms with E-state index in [0.717, 1.165) is 28.4 Å². The summed E-state index contributed by atoms with van der Waals surface area (Å²) in [4.78, 5) is 14.7. The number of aryl methyl sites for hydroxylation is 2. The predicted octanol–water partition coefficient (Wildman–Crippen LogP) is 3.06. The van der Waals surface area contributed by atoms with E-state index in [1.807, 2.05) is 25.1 Å². The molecule has 7 heteroatoms. The zero-order valence-electron chi connectivity index (χ0n) is 17.5. The summed E-state index contributed by atoms with van der Waals surface area (Å²) in [7, 11) is 3.11. The van der Waals surface area contributed by atoms with Crippen molar-refractivity contribution in [2.45, 2.75) is 37.0 Å². The number of amides is 1. The molecule has 0 radical (unpaired) electrons. The molecule has 1 amide bonds. The van der Waals surface area contributed by atoms with E-state index in [9.17, 15) is 13.2 Å². The molecule has 0 fully saturated rings. The summed E-state index contributed by atoms with van der Waals surface area (Å²) >= 11 is 0. The summed E-state index contributed by atoms with van der Waals surface area (Å²) in [5.41, 5.74) is 4.94. The SMILES string of the molecule is CN(C)c1ccc(S(=O)(=O)N(C)C)cc1NC(=O)Cc1ccc2c(c1)CCCC2. The van der Waals surface area contributed by atoms with E-state index in [-0.39, 0.29) is 17.2 Å². The molecule has 0 saturated carbocycles. The van der Waals surface area contributed by atoms with Gasteiger partial charge in [-0.25, -0.2) is 12.7 Å². The molecule has 3 rings (SSSR count). The maximum absolute atomic E-state index is 12.7. The molecule has 1 aliphatic carbocycles. The molecule has 0 aromatic heterocycles. The van der Waals surface area contributed by atoms with Crippen molar-refractivity contribution in [2.75, 3.05) is 38.4 Å². The Hall–Kier alpha value is -2.38. The van der Waals surface area contributed by atoms with Crippen LogP contribution in [0.15, 0.2) is 41.3 Å². The molecule has 0 spiro atoms. The fraction of sp³-hybridized carbons (Fsp3) is 0.409. The monoisotopic (exact) mass is 415 g/mol. The van der Waals surface area contributed by atoms with E-state index in [4.69, 9.17) is 0 Å². The van der Waals surface area contributed by atoms with Crippen LogP contribution < -0.4 is 10.2 Å². The Balaban J connectivity index is 1.83. The second kappa shape index (κ2) is 8.55. The van der Waals surface area contributed by atoms with Crippen LogP contribution in [0.2, 0.25) is 0 Å². The lowest BCUT2D eigenvalue weighted by molar-refractivity contribution is -0.115. The van der Waals surface area contributed by atoms with Crippen LogP contribution in [0, 0.1) is 0 Å². The van der Waals surface area contributed by atoms with Gasteiger partial charge in [-0.2, -0.15) is 0 Å². The molecule has 0 aliphatic heterocycles. The Labute approximate surface area is 173 Å². The average Bonchev–Trinajstić information content (AvgIpc) is 2.67. The van der Waals surface area contributed by atoms with Crippen molar-refractivity contribution < 1.29 is 13.2 Å². The summed E-state index contributed by atoms with van der Waals surface area (Å²) in [6.45, 7) is 0. The van der Waals surface area contributed by atoms with Gasteiger partial charge in [0.2, 0.25) is 15.9 Å². The van der Waals surface area contributed by atoms with Crippen molar-refractivity contribution in [1.82, 2.24) is 4.31 Å². The Bertz CT molecular complexity index is 1010. The van der Waals surface area contributed by atoms with Crippen molar-refractivity contribution in [3.8, 4) is 0 Å². The van der Waals surface area contributed by atoms with Gasteiger partial charge in [-0.05, 0) is 60.6 Å². The standard InChI is InChI=1S/C22H29N3O3S/c1-24(2)21-12-11-19(29(27,28)25(3)4)15-20(21)23-22(26)14-16-9-10-17-7-5-6-8-18(17)13-16/h9-13,15H,5-8,14H2,1-4H3,(H,23,26). The van der Waals surface area contributed by atoms with Crippen LogP contribution in [0.25, 0.3) is 0 Å². The fourth-order valence-corrected chi connectivity index (χ4v) is 4.58. The van der Waals surface area contributed by atoms with E-state index in [1.165, 1.54) is 44.1 Å². The molecular formula is C22H29N3O3S. The number of hydrogen-bond donors (Lipinski definition) is 1. The minimum atomic E-state index is -3.58. The molecule has 1 N–H and O–H groups in total. The van der Waals surface area contributed by atoms with Gasteiger partial charge in [0.15, 0.2) is 0 Å². The first-order chi connectivity index (χ1) is 13.7. The van der Waals surface area contributed by atoms with Crippen molar-refractivity contribution >= 4 is 27.3 Å². The van der Waals surface area contributed by atoms with E-state index in [0.29, 0.717) is 5.69 Å². The van der Waals surface area contributed by atoms with E-state index < -0.39 is 10.0 Å². The first-order valence-electron chi connectivity index (χ1n) is 9.83. The normalized spacial score (nSPS) is 13.8. The quantitative estimate of drug-likeness (QED) is 0.787. The third-order valence-electron chi connectivity index (χ3n) is 5.28. The van der Waals surface area contributed by atoms with Crippen LogP contribution in [0.1, 0.15) is 29.5 Å². The summed E-state index contributed by atoms with van der Waals surface area (Å²) in [5.74, 6) is -0.164. The van der Waals surface area contributed by atoms with Crippen molar-refractivity contribution in [1.29, 1.82) is 0 Å². The van der Waals surface area contributed by atoms with Crippen molar-refractivity contribution in [3.63, 3.8) is 0 Å². The number of anilines is 2. The number of fused-ring (bicyclic) bond motifs is 1. The van der Waals surface area contributed by atoms with Gasteiger partial charge in [0.05, 0.1) is 22.7 Å². The summed E-state index contributed by atoms with van der Waals surface area (Å²) in [5, 5.41) is 2.91. The predicted molar refractivity (Wildman–Crippen MR) is 117 cm³/mol. The smallest absolute Gasteiger partial charge is 0.242 e. The zero-order chi connectivity index (χ0) is 21.2. The Morgan fingerprint density at radius 3 is 2.31 bits per heavy atom. The number of carbonyl (C=O) groups excluding carboxylic acids is 1. The van der Waals surface area contributed by atoms with Crippen molar-refractivity contribution in [2.24, 2.45) is 0 Å². The molecule has 0 unspecified atom stereocenters. The number of benzene rings is 2. The zero-order valence-corrected chi connectivity index (χ0v) is 18.3. The van der Waals surface area contributed by atoms with Gasteiger partial charge in [0.1, 0.15) is 0 Å². The number of sulfonamides is 1. The van der Waals surface area contributed by atoms with Gasteiger partial charge < -0.3 is 10.2 Å². The minimum Gasteiger partial charge on any atom is -0.376 e. The van der Waals surface area contributed by atoms with Gasteiger partial charge in [0, 0.05) is 28.2 Å². The number of rotatable bonds is 6.